The topological polar surface area (TPSA) is 59.1 Å². The second kappa shape index (κ2) is 8.02. The van der Waals surface area contributed by atoms with Crippen LogP contribution in [0.15, 0.2) is 18.2 Å². The Labute approximate surface area is 166 Å². The molecule has 3 fully saturated rings. The van der Waals surface area contributed by atoms with E-state index in [9.17, 15) is 9.59 Å². The Morgan fingerprint density at radius 1 is 1.07 bits per heavy atom. The van der Waals surface area contributed by atoms with Crippen molar-refractivity contribution in [2.45, 2.75) is 51.0 Å². The minimum absolute atomic E-state index is 0.0148. The van der Waals surface area contributed by atoms with Crippen molar-refractivity contribution in [1.82, 2.24) is 4.90 Å². The number of fused-ring (bicyclic) bond motifs is 1. The Balaban J connectivity index is 1.51. The van der Waals surface area contributed by atoms with Crippen LogP contribution in [-0.4, -0.2) is 50.1 Å². The first-order valence-corrected chi connectivity index (χ1v) is 10.4. The zero-order chi connectivity index (χ0) is 19.7. The third-order valence-corrected chi connectivity index (χ3v) is 6.68. The Bertz CT molecular complexity index is 748. The van der Waals surface area contributed by atoms with Gasteiger partial charge in [-0.3, -0.25) is 9.59 Å². The van der Waals surface area contributed by atoms with E-state index in [0.29, 0.717) is 35.7 Å². The number of benzene rings is 1. The van der Waals surface area contributed by atoms with Crippen LogP contribution >= 0.6 is 0 Å². The SMILES string of the molecule is COc1ccc(N2CC(C(=O)N3CCCC4CCCCC43)CC2=O)c(OC)c1. The van der Waals surface area contributed by atoms with Crippen LogP contribution in [0.3, 0.4) is 0 Å². The maximum Gasteiger partial charge on any atom is 0.228 e. The molecular formula is C22H30N2O4. The molecule has 1 saturated carbocycles. The summed E-state index contributed by atoms with van der Waals surface area (Å²) in [5, 5.41) is 0. The average molecular weight is 386 g/mol. The van der Waals surface area contributed by atoms with E-state index in [1.54, 1.807) is 25.2 Å². The lowest BCUT2D eigenvalue weighted by molar-refractivity contribution is -0.142. The molecule has 3 atom stereocenters. The highest BCUT2D eigenvalue weighted by Crippen LogP contribution is 2.39. The van der Waals surface area contributed by atoms with Crippen LogP contribution in [0.25, 0.3) is 0 Å². The van der Waals surface area contributed by atoms with Crippen molar-refractivity contribution in [1.29, 1.82) is 0 Å². The Kier molecular flexibility index (Phi) is 5.47. The van der Waals surface area contributed by atoms with E-state index in [4.69, 9.17) is 9.47 Å². The number of hydrogen-bond acceptors (Lipinski definition) is 4. The van der Waals surface area contributed by atoms with Gasteiger partial charge in [0.05, 0.1) is 25.8 Å². The number of carbonyl (C=O) groups excluding carboxylic acids is 2. The molecule has 2 saturated heterocycles. The van der Waals surface area contributed by atoms with Gasteiger partial charge >= 0.3 is 0 Å². The van der Waals surface area contributed by atoms with Gasteiger partial charge in [0.1, 0.15) is 11.5 Å². The molecule has 0 spiro atoms. The molecule has 0 N–H and O–H groups in total. The summed E-state index contributed by atoms with van der Waals surface area (Å²) in [5.74, 6) is 1.81. The summed E-state index contributed by atoms with van der Waals surface area (Å²) in [7, 11) is 3.18. The molecule has 2 amide bonds. The highest BCUT2D eigenvalue weighted by atomic mass is 16.5. The van der Waals surface area contributed by atoms with Gasteiger partial charge in [-0.25, -0.2) is 0 Å². The first-order chi connectivity index (χ1) is 13.6. The van der Waals surface area contributed by atoms with Crippen LogP contribution in [-0.2, 0) is 9.59 Å². The number of piperidine rings is 1. The molecule has 1 aromatic rings. The van der Waals surface area contributed by atoms with Crippen molar-refractivity contribution in [3.8, 4) is 11.5 Å². The molecule has 0 aromatic heterocycles. The number of carbonyl (C=O) groups is 2. The molecule has 3 unspecified atom stereocenters. The van der Waals surface area contributed by atoms with E-state index in [0.717, 1.165) is 19.4 Å². The van der Waals surface area contributed by atoms with E-state index >= 15 is 0 Å². The summed E-state index contributed by atoms with van der Waals surface area (Å²) in [6.07, 6.45) is 7.47. The van der Waals surface area contributed by atoms with Crippen LogP contribution in [0, 0.1) is 11.8 Å². The Morgan fingerprint density at radius 3 is 2.64 bits per heavy atom. The van der Waals surface area contributed by atoms with Gasteiger partial charge in [-0.15, -0.1) is 0 Å². The predicted octanol–water partition coefficient (Wildman–Crippen LogP) is 3.24. The van der Waals surface area contributed by atoms with Gasteiger partial charge in [0.15, 0.2) is 0 Å². The lowest BCUT2D eigenvalue weighted by Gasteiger charge is -2.45. The van der Waals surface area contributed by atoms with Crippen molar-refractivity contribution < 1.29 is 19.1 Å². The number of anilines is 1. The van der Waals surface area contributed by atoms with Gasteiger partial charge in [-0.05, 0) is 43.7 Å². The summed E-state index contributed by atoms with van der Waals surface area (Å²) >= 11 is 0. The summed E-state index contributed by atoms with van der Waals surface area (Å²) < 4.78 is 10.7. The minimum Gasteiger partial charge on any atom is -0.497 e. The number of ether oxygens (including phenoxy) is 2. The van der Waals surface area contributed by atoms with Crippen LogP contribution in [0.2, 0.25) is 0 Å². The number of nitrogens with zero attached hydrogens (tertiary/aromatic N) is 2. The molecule has 6 heteroatoms. The third kappa shape index (κ3) is 3.45. The lowest BCUT2D eigenvalue weighted by atomic mass is 9.78. The van der Waals surface area contributed by atoms with Crippen molar-refractivity contribution in [2.75, 3.05) is 32.2 Å². The monoisotopic (exact) mass is 386 g/mol. The quantitative estimate of drug-likeness (QED) is 0.797. The van der Waals surface area contributed by atoms with Crippen molar-refractivity contribution in [3.05, 3.63) is 18.2 Å². The number of methoxy groups -OCH3 is 2. The summed E-state index contributed by atoms with van der Waals surface area (Å²) in [4.78, 5) is 29.9. The first-order valence-electron chi connectivity index (χ1n) is 10.4. The summed E-state index contributed by atoms with van der Waals surface area (Å²) in [6, 6.07) is 5.81. The number of amides is 2. The number of rotatable bonds is 4. The maximum absolute atomic E-state index is 13.3. The predicted molar refractivity (Wildman–Crippen MR) is 107 cm³/mol. The fourth-order valence-electron chi connectivity index (χ4n) is 5.25. The van der Waals surface area contributed by atoms with Crippen molar-refractivity contribution >= 4 is 17.5 Å². The zero-order valence-electron chi connectivity index (χ0n) is 16.9. The maximum atomic E-state index is 13.3. The number of likely N-dealkylation sites (tertiary alicyclic amines) is 1. The van der Waals surface area contributed by atoms with Gasteiger partial charge in [-0.1, -0.05) is 12.8 Å². The molecule has 0 radical (unpaired) electrons. The number of hydrogen-bond donors (Lipinski definition) is 0. The van der Waals surface area contributed by atoms with Gasteiger partial charge in [0.25, 0.3) is 0 Å². The van der Waals surface area contributed by atoms with E-state index in [1.165, 1.54) is 25.7 Å². The highest BCUT2D eigenvalue weighted by molar-refractivity contribution is 6.01. The molecule has 0 bridgehead atoms. The third-order valence-electron chi connectivity index (χ3n) is 6.68. The lowest BCUT2D eigenvalue weighted by Crippen LogP contribution is -2.51. The van der Waals surface area contributed by atoms with E-state index in [2.05, 4.69) is 4.90 Å². The van der Waals surface area contributed by atoms with E-state index in [1.807, 2.05) is 12.1 Å². The zero-order valence-corrected chi connectivity index (χ0v) is 16.9. The molecule has 2 aliphatic heterocycles. The molecule has 28 heavy (non-hydrogen) atoms. The molecular weight excluding hydrogens is 356 g/mol. The molecule has 6 nitrogen and oxygen atoms in total. The minimum atomic E-state index is -0.264. The largest absolute Gasteiger partial charge is 0.497 e. The fourth-order valence-corrected chi connectivity index (χ4v) is 5.25. The first kappa shape index (κ1) is 19.1. The molecule has 1 aromatic carbocycles. The van der Waals surface area contributed by atoms with Crippen LogP contribution in [0.5, 0.6) is 11.5 Å². The summed E-state index contributed by atoms with van der Waals surface area (Å²) in [6.45, 7) is 1.27. The van der Waals surface area contributed by atoms with Crippen LogP contribution < -0.4 is 14.4 Å². The molecule has 3 aliphatic rings. The van der Waals surface area contributed by atoms with E-state index < -0.39 is 0 Å². The molecule has 1 aliphatic carbocycles. The smallest absolute Gasteiger partial charge is 0.228 e. The second-order valence-electron chi connectivity index (χ2n) is 8.23. The van der Waals surface area contributed by atoms with Crippen molar-refractivity contribution in [2.24, 2.45) is 11.8 Å². The fraction of sp³-hybridized carbons (Fsp3) is 0.636. The Morgan fingerprint density at radius 2 is 1.86 bits per heavy atom. The van der Waals surface area contributed by atoms with Gasteiger partial charge < -0.3 is 19.3 Å². The van der Waals surface area contributed by atoms with Crippen molar-refractivity contribution in [3.63, 3.8) is 0 Å². The van der Waals surface area contributed by atoms with Crippen LogP contribution in [0.4, 0.5) is 5.69 Å². The van der Waals surface area contributed by atoms with Gasteiger partial charge in [0.2, 0.25) is 11.8 Å². The standard InChI is InChI=1S/C22H30N2O4/c1-27-17-9-10-19(20(13-17)28-2)24-14-16(12-21(24)25)22(26)23-11-5-7-15-6-3-4-8-18(15)23/h9-10,13,15-16,18H,3-8,11-12,14H2,1-2H3. The average Bonchev–Trinajstić information content (AvgIpc) is 3.13. The summed E-state index contributed by atoms with van der Waals surface area (Å²) in [5.41, 5.74) is 0.706. The molecule has 4 rings (SSSR count). The van der Waals surface area contributed by atoms with Gasteiger partial charge in [-0.2, -0.15) is 0 Å². The highest BCUT2D eigenvalue weighted by Gasteiger charge is 2.42. The molecule has 2 heterocycles. The Hall–Kier alpha value is -2.24. The second-order valence-corrected chi connectivity index (χ2v) is 8.23. The molecule has 152 valence electrons. The van der Waals surface area contributed by atoms with Crippen LogP contribution in [0.1, 0.15) is 44.9 Å². The van der Waals surface area contributed by atoms with Gasteiger partial charge in [0, 0.05) is 31.6 Å². The normalized spacial score (nSPS) is 27.5. The van der Waals surface area contributed by atoms with E-state index in [-0.39, 0.29) is 24.2 Å².